The Morgan fingerprint density at radius 3 is 1.91 bits per heavy atom. The Labute approximate surface area is 194 Å². The molecule has 5 nitrogen and oxygen atoms in total. The van der Waals surface area contributed by atoms with Crippen LogP contribution in [0.5, 0.6) is 0 Å². The largest absolute Gasteiger partial charge is 0.347 e. The summed E-state index contributed by atoms with van der Waals surface area (Å²) in [5.74, 6) is -0.910. The maximum Gasteiger partial charge on any atom is 0.251 e. The average molecular weight is 446 g/mol. The van der Waals surface area contributed by atoms with Gasteiger partial charge in [-0.2, -0.15) is 0 Å². The van der Waals surface area contributed by atoms with Gasteiger partial charge in [0.15, 0.2) is 5.11 Å². The van der Waals surface area contributed by atoms with E-state index >= 15 is 0 Å². The van der Waals surface area contributed by atoms with Crippen LogP contribution < -0.4 is 16.0 Å². The van der Waals surface area contributed by atoms with Gasteiger partial charge in [0.25, 0.3) is 5.91 Å². The van der Waals surface area contributed by atoms with Crippen molar-refractivity contribution in [3.05, 3.63) is 102 Å². The molecular weight excluding hydrogens is 418 g/mol. The third-order valence-electron chi connectivity index (χ3n) is 4.64. The number of amides is 2. The number of benzene rings is 3. The van der Waals surface area contributed by atoms with Crippen LogP contribution in [0.25, 0.3) is 0 Å². The standard InChI is InChI=1S/C26H27N3O2S/c1-26(2,3)29-23(30)20-15-10-16-21(17-20)27-25(32)28-24(31)22(18-11-6-4-7-12-18)19-13-8-5-9-14-19/h4-17,22H,1-3H3,(H,29,30)(H2,27,28,31,32). The minimum atomic E-state index is -0.499. The molecule has 0 aromatic heterocycles. The van der Waals surface area contributed by atoms with Crippen LogP contribution in [0.1, 0.15) is 48.2 Å². The van der Waals surface area contributed by atoms with E-state index < -0.39 is 5.92 Å². The summed E-state index contributed by atoms with van der Waals surface area (Å²) in [5.41, 5.74) is 2.53. The number of thiocarbonyl (C=S) groups is 1. The first kappa shape index (κ1) is 23.2. The van der Waals surface area contributed by atoms with E-state index in [9.17, 15) is 9.59 Å². The number of carbonyl (C=O) groups excluding carboxylic acids is 2. The van der Waals surface area contributed by atoms with Crippen LogP contribution in [0.15, 0.2) is 84.9 Å². The maximum atomic E-state index is 13.2. The van der Waals surface area contributed by atoms with E-state index in [0.29, 0.717) is 11.3 Å². The number of anilines is 1. The van der Waals surface area contributed by atoms with E-state index in [-0.39, 0.29) is 22.5 Å². The minimum Gasteiger partial charge on any atom is -0.347 e. The van der Waals surface area contributed by atoms with Gasteiger partial charge in [0.05, 0.1) is 5.92 Å². The van der Waals surface area contributed by atoms with E-state index in [1.165, 1.54) is 0 Å². The van der Waals surface area contributed by atoms with Crippen molar-refractivity contribution in [1.29, 1.82) is 0 Å². The molecule has 3 aromatic carbocycles. The number of carbonyl (C=O) groups is 2. The highest BCUT2D eigenvalue weighted by Crippen LogP contribution is 2.24. The summed E-state index contributed by atoms with van der Waals surface area (Å²) in [5, 5.41) is 8.90. The third kappa shape index (κ3) is 6.49. The van der Waals surface area contributed by atoms with Crippen LogP contribution >= 0.6 is 12.2 Å². The Kier molecular flexibility index (Phi) is 7.38. The summed E-state index contributed by atoms with van der Waals surface area (Å²) in [6.45, 7) is 5.77. The normalized spacial score (nSPS) is 11.0. The zero-order chi connectivity index (χ0) is 23.1. The summed E-state index contributed by atoms with van der Waals surface area (Å²) < 4.78 is 0. The van der Waals surface area contributed by atoms with Crippen molar-refractivity contribution >= 4 is 34.8 Å². The molecule has 0 spiro atoms. The molecule has 3 rings (SSSR count). The van der Waals surface area contributed by atoms with Gasteiger partial charge >= 0.3 is 0 Å². The number of hydrogen-bond donors (Lipinski definition) is 3. The lowest BCUT2D eigenvalue weighted by atomic mass is 9.90. The second kappa shape index (κ2) is 10.2. The second-order valence-corrected chi connectivity index (χ2v) is 8.89. The molecule has 0 bridgehead atoms. The third-order valence-corrected chi connectivity index (χ3v) is 4.84. The predicted molar refractivity (Wildman–Crippen MR) is 133 cm³/mol. The molecule has 2 amide bonds. The van der Waals surface area contributed by atoms with Crippen LogP contribution in [-0.4, -0.2) is 22.5 Å². The van der Waals surface area contributed by atoms with Gasteiger partial charge in [-0.25, -0.2) is 0 Å². The molecule has 0 radical (unpaired) electrons. The average Bonchev–Trinajstić information content (AvgIpc) is 2.74. The molecule has 3 aromatic rings. The highest BCUT2D eigenvalue weighted by Gasteiger charge is 2.23. The van der Waals surface area contributed by atoms with E-state index in [4.69, 9.17) is 12.2 Å². The van der Waals surface area contributed by atoms with Gasteiger partial charge in [-0.15, -0.1) is 0 Å². The molecule has 0 saturated carbocycles. The molecule has 0 unspecified atom stereocenters. The smallest absolute Gasteiger partial charge is 0.251 e. The summed E-state index contributed by atoms with van der Waals surface area (Å²) in [6, 6.07) is 26.1. The fourth-order valence-electron chi connectivity index (χ4n) is 3.28. The van der Waals surface area contributed by atoms with Gasteiger partial charge in [-0.05, 0) is 62.3 Å². The first-order chi connectivity index (χ1) is 15.2. The van der Waals surface area contributed by atoms with Crippen LogP contribution in [0.2, 0.25) is 0 Å². The summed E-state index contributed by atoms with van der Waals surface area (Å²) in [6.07, 6.45) is 0. The molecule has 32 heavy (non-hydrogen) atoms. The minimum absolute atomic E-state index is 0.167. The van der Waals surface area contributed by atoms with Crippen molar-refractivity contribution < 1.29 is 9.59 Å². The van der Waals surface area contributed by atoms with Gasteiger partial charge in [0.2, 0.25) is 5.91 Å². The Balaban J connectivity index is 1.73. The van der Waals surface area contributed by atoms with Gasteiger partial charge in [0.1, 0.15) is 0 Å². The topological polar surface area (TPSA) is 70.2 Å². The van der Waals surface area contributed by atoms with Crippen molar-refractivity contribution in [2.24, 2.45) is 0 Å². The lowest BCUT2D eigenvalue weighted by Gasteiger charge is -2.21. The molecule has 0 aliphatic rings. The molecule has 3 N–H and O–H groups in total. The molecule has 0 heterocycles. The Morgan fingerprint density at radius 1 is 0.812 bits per heavy atom. The van der Waals surface area contributed by atoms with E-state index in [1.807, 2.05) is 81.4 Å². The van der Waals surface area contributed by atoms with E-state index in [1.54, 1.807) is 24.3 Å². The Morgan fingerprint density at radius 2 is 1.38 bits per heavy atom. The molecule has 0 atom stereocenters. The number of nitrogens with one attached hydrogen (secondary N) is 3. The first-order valence-electron chi connectivity index (χ1n) is 10.4. The van der Waals surface area contributed by atoms with Gasteiger partial charge < -0.3 is 16.0 Å². The van der Waals surface area contributed by atoms with Crippen LogP contribution in [0.4, 0.5) is 5.69 Å². The fraction of sp³-hybridized carbons (Fsp3) is 0.192. The molecule has 0 aliphatic carbocycles. The van der Waals surface area contributed by atoms with Crippen LogP contribution in [-0.2, 0) is 4.79 Å². The lowest BCUT2D eigenvalue weighted by Crippen LogP contribution is -2.40. The van der Waals surface area contributed by atoms with E-state index in [0.717, 1.165) is 11.1 Å². The van der Waals surface area contributed by atoms with Crippen molar-refractivity contribution in [2.45, 2.75) is 32.2 Å². The Bertz CT molecular complexity index is 1050. The van der Waals surface area contributed by atoms with Crippen LogP contribution in [0, 0.1) is 0 Å². The fourth-order valence-corrected chi connectivity index (χ4v) is 3.50. The molecule has 0 fully saturated rings. The highest BCUT2D eigenvalue weighted by atomic mass is 32.1. The zero-order valence-electron chi connectivity index (χ0n) is 18.4. The van der Waals surface area contributed by atoms with Gasteiger partial charge in [0, 0.05) is 16.8 Å². The molecular formula is C26H27N3O2S. The van der Waals surface area contributed by atoms with Crippen molar-refractivity contribution in [1.82, 2.24) is 10.6 Å². The number of rotatable bonds is 5. The summed E-state index contributed by atoms with van der Waals surface area (Å²) in [4.78, 5) is 25.6. The zero-order valence-corrected chi connectivity index (χ0v) is 19.2. The van der Waals surface area contributed by atoms with E-state index in [2.05, 4.69) is 16.0 Å². The molecule has 0 aliphatic heterocycles. The molecule has 0 saturated heterocycles. The SMILES string of the molecule is CC(C)(C)NC(=O)c1cccc(NC(=S)NC(=O)C(c2ccccc2)c2ccccc2)c1. The summed E-state index contributed by atoms with van der Waals surface area (Å²) in [7, 11) is 0. The van der Waals surface area contributed by atoms with Crippen LogP contribution in [0.3, 0.4) is 0 Å². The monoisotopic (exact) mass is 445 g/mol. The van der Waals surface area contributed by atoms with Gasteiger partial charge in [-0.1, -0.05) is 66.7 Å². The first-order valence-corrected chi connectivity index (χ1v) is 10.8. The van der Waals surface area contributed by atoms with Crippen molar-refractivity contribution in [3.8, 4) is 0 Å². The number of hydrogen-bond acceptors (Lipinski definition) is 3. The molecule has 6 heteroatoms. The quantitative estimate of drug-likeness (QED) is 0.491. The second-order valence-electron chi connectivity index (χ2n) is 8.48. The maximum absolute atomic E-state index is 13.2. The molecule has 164 valence electrons. The lowest BCUT2D eigenvalue weighted by molar-refractivity contribution is -0.120. The predicted octanol–water partition coefficient (Wildman–Crippen LogP) is 4.86. The Hall–Kier alpha value is -3.51. The highest BCUT2D eigenvalue weighted by molar-refractivity contribution is 7.80. The van der Waals surface area contributed by atoms with Gasteiger partial charge in [-0.3, -0.25) is 9.59 Å². The van der Waals surface area contributed by atoms with Crippen molar-refractivity contribution in [2.75, 3.05) is 5.32 Å². The van der Waals surface area contributed by atoms with Crippen molar-refractivity contribution in [3.63, 3.8) is 0 Å². The summed E-state index contributed by atoms with van der Waals surface area (Å²) >= 11 is 5.38.